The van der Waals surface area contributed by atoms with Gasteiger partial charge in [0.05, 0.1) is 27.5 Å². The molecule has 0 aliphatic rings. The minimum Gasteiger partial charge on any atom is -0.494 e. The van der Waals surface area contributed by atoms with Crippen molar-refractivity contribution in [1.29, 1.82) is 0 Å². The molecule has 1 aromatic carbocycles. The molecule has 0 saturated carbocycles. The number of fused-ring (bicyclic) bond motifs is 1. The average Bonchev–Trinajstić information content (AvgIpc) is 3.39. The number of nitrogens with two attached hydrogens (primary N) is 1. The van der Waals surface area contributed by atoms with Gasteiger partial charge < -0.3 is 15.9 Å². The first-order valence-electron chi connectivity index (χ1n) is 8.34. The van der Waals surface area contributed by atoms with Crippen LogP contribution in [0.5, 0.6) is 5.75 Å². The van der Waals surface area contributed by atoms with Gasteiger partial charge in [0, 0.05) is 0 Å². The number of carbonyl (C=O) groups excluding carboxylic acids is 1. The fourth-order valence-corrected chi connectivity index (χ4v) is 4.72. The molecular weight excluding hydrogens is 416 g/mol. The highest BCUT2D eigenvalue weighted by Crippen LogP contribution is 2.30. The van der Waals surface area contributed by atoms with Crippen LogP contribution in [0.3, 0.4) is 0 Å². The largest absolute Gasteiger partial charge is 0.494 e. The number of benzene rings is 1. The third kappa shape index (κ3) is 3.96. The van der Waals surface area contributed by atoms with Crippen molar-refractivity contribution in [3.63, 3.8) is 0 Å². The minimum atomic E-state index is -0.185. The summed E-state index contributed by atoms with van der Waals surface area (Å²) in [6, 6.07) is 9.51. The molecule has 144 valence electrons. The summed E-state index contributed by atoms with van der Waals surface area (Å²) >= 11 is 4.15. The van der Waals surface area contributed by atoms with E-state index in [1.54, 1.807) is 0 Å². The van der Waals surface area contributed by atoms with Gasteiger partial charge in [-0.25, -0.2) is 9.66 Å². The lowest BCUT2D eigenvalue weighted by Crippen LogP contribution is -2.16. The first kappa shape index (κ1) is 18.7. The molecule has 0 aliphatic carbocycles. The summed E-state index contributed by atoms with van der Waals surface area (Å²) in [7, 11) is 0. The fourth-order valence-electron chi connectivity index (χ4n) is 2.45. The lowest BCUT2D eigenvalue weighted by Gasteiger charge is -2.02. The molecule has 4 aromatic rings. The van der Waals surface area contributed by atoms with E-state index in [9.17, 15) is 4.79 Å². The molecule has 0 unspecified atom stereocenters. The van der Waals surface area contributed by atoms with Gasteiger partial charge in [-0.2, -0.15) is 0 Å². The molecule has 0 radical (unpaired) electrons. The topological polar surface area (TPSA) is 108 Å². The Kier molecular flexibility index (Phi) is 5.46. The van der Waals surface area contributed by atoms with Gasteiger partial charge >= 0.3 is 0 Å². The van der Waals surface area contributed by atoms with E-state index >= 15 is 0 Å². The van der Waals surface area contributed by atoms with Crippen LogP contribution in [0.4, 0.5) is 5.13 Å². The molecule has 4 rings (SSSR count). The second kappa shape index (κ2) is 8.17. The third-order valence-corrected chi connectivity index (χ3v) is 6.40. The van der Waals surface area contributed by atoms with Crippen molar-refractivity contribution in [3.8, 4) is 16.5 Å². The van der Waals surface area contributed by atoms with Gasteiger partial charge in [0.1, 0.15) is 5.75 Å². The summed E-state index contributed by atoms with van der Waals surface area (Å²) in [5.74, 6) is 7.38. The van der Waals surface area contributed by atoms with Crippen LogP contribution in [0.2, 0.25) is 0 Å². The van der Waals surface area contributed by atoms with Crippen molar-refractivity contribution < 1.29 is 9.53 Å². The van der Waals surface area contributed by atoms with Crippen LogP contribution in [0.1, 0.15) is 6.92 Å². The molecule has 0 spiro atoms. The Labute approximate surface area is 172 Å². The van der Waals surface area contributed by atoms with E-state index in [2.05, 4.69) is 20.5 Å². The predicted octanol–water partition coefficient (Wildman–Crippen LogP) is 3.46. The van der Waals surface area contributed by atoms with Crippen LogP contribution >= 0.6 is 34.4 Å². The Bertz CT molecular complexity index is 1110. The molecule has 0 fully saturated rings. The number of nitrogens with zero attached hydrogens (tertiary/aromatic N) is 4. The van der Waals surface area contributed by atoms with E-state index in [1.165, 1.54) is 39.1 Å². The van der Waals surface area contributed by atoms with E-state index < -0.39 is 0 Å². The Morgan fingerprint density at radius 3 is 3.04 bits per heavy atom. The number of thiazole rings is 1. The third-order valence-electron chi connectivity index (χ3n) is 3.66. The average molecular weight is 433 g/mol. The first-order chi connectivity index (χ1) is 13.6. The molecular formula is C17H16N6O2S3. The van der Waals surface area contributed by atoms with E-state index in [-0.39, 0.29) is 11.7 Å². The van der Waals surface area contributed by atoms with Crippen molar-refractivity contribution in [2.24, 2.45) is 0 Å². The van der Waals surface area contributed by atoms with Gasteiger partial charge in [-0.3, -0.25) is 4.79 Å². The molecule has 3 N–H and O–H groups in total. The lowest BCUT2D eigenvalue weighted by atomic mass is 10.3. The Balaban J connectivity index is 1.39. The minimum absolute atomic E-state index is 0.153. The van der Waals surface area contributed by atoms with Gasteiger partial charge in [-0.1, -0.05) is 29.2 Å². The molecule has 3 heterocycles. The first-order valence-corrected chi connectivity index (χ1v) is 11.0. The number of thioether (sulfide) groups is 1. The van der Waals surface area contributed by atoms with E-state index in [1.807, 2.05) is 42.6 Å². The van der Waals surface area contributed by atoms with Gasteiger partial charge in [0.2, 0.25) is 11.1 Å². The smallest absolute Gasteiger partial charge is 0.236 e. The Morgan fingerprint density at radius 2 is 2.25 bits per heavy atom. The molecule has 0 bridgehead atoms. The molecule has 11 heteroatoms. The number of nitrogen functional groups attached to an aromatic ring is 1. The lowest BCUT2D eigenvalue weighted by molar-refractivity contribution is -0.113. The van der Waals surface area contributed by atoms with Gasteiger partial charge in [0.15, 0.2) is 11.0 Å². The number of rotatable bonds is 7. The molecule has 3 aromatic heterocycles. The number of thiophene rings is 1. The summed E-state index contributed by atoms with van der Waals surface area (Å²) in [4.78, 5) is 17.6. The number of carbonyl (C=O) groups is 1. The highest BCUT2D eigenvalue weighted by atomic mass is 32.2. The number of hydrogen-bond acceptors (Lipinski definition) is 9. The van der Waals surface area contributed by atoms with E-state index in [4.69, 9.17) is 10.6 Å². The van der Waals surface area contributed by atoms with Crippen LogP contribution in [-0.2, 0) is 4.79 Å². The quantitative estimate of drug-likeness (QED) is 0.340. The van der Waals surface area contributed by atoms with E-state index in [0.717, 1.165) is 20.8 Å². The van der Waals surface area contributed by atoms with Crippen LogP contribution in [0, 0.1) is 0 Å². The van der Waals surface area contributed by atoms with Crippen molar-refractivity contribution in [2.75, 3.05) is 23.5 Å². The van der Waals surface area contributed by atoms with Crippen LogP contribution in [0.15, 0.2) is 40.9 Å². The number of ether oxygens (including phenoxy) is 1. The maximum atomic E-state index is 12.3. The summed E-state index contributed by atoms with van der Waals surface area (Å²) < 4.78 is 7.85. The second-order valence-electron chi connectivity index (χ2n) is 5.57. The zero-order valence-electron chi connectivity index (χ0n) is 14.8. The van der Waals surface area contributed by atoms with Crippen LogP contribution in [-0.4, -0.2) is 38.1 Å². The van der Waals surface area contributed by atoms with Crippen molar-refractivity contribution >= 4 is 55.7 Å². The predicted molar refractivity (Wildman–Crippen MR) is 114 cm³/mol. The Morgan fingerprint density at radius 1 is 1.36 bits per heavy atom. The van der Waals surface area contributed by atoms with Crippen molar-refractivity contribution in [2.45, 2.75) is 12.1 Å². The summed E-state index contributed by atoms with van der Waals surface area (Å²) in [6.07, 6.45) is 0. The van der Waals surface area contributed by atoms with Gasteiger partial charge in [-0.05, 0) is 36.6 Å². The number of nitrogens with one attached hydrogen (secondary N) is 1. The number of hydrogen-bond donors (Lipinski definition) is 2. The van der Waals surface area contributed by atoms with E-state index in [0.29, 0.717) is 22.7 Å². The fraction of sp³-hybridized carbons (Fsp3) is 0.176. The second-order valence-corrected chi connectivity index (χ2v) is 8.49. The number of amides is 1. The van der Waals surface area contributed by atoms with Crippen LogP contribution in [0.25, 0.3) is 20.9 Å². The summed E-state index contributed by atoms with van der Waals surface area (Å²) in [6.45, 7) is 2.54. The molecule has 0 atom stereocenters. The molecule has 0 saturated heterocycles. The summed E-state index contributed by atoms with van der Waals surface area (Å²) in [5, 5.41) is 13.9. The maximum absolute atomic E-state index is 12.3. The number of aromatic nitrogens is 4. The number of anilines is 1. The molecule has 0 aliphatic heterocycles. The maximum Gasteiger partial charge on any atom is 0.236 e. The van der Waals surface area contributed by atoms with Gasteiger partial charge in [0.25, 0.3) is 0 Å². The summed E-state index contributed by atoms with van der Waals surface area (Å²) in [5.41, 5.74) is 0.818. The zero-order chi connectivity index (χ0) is 19.5. The highest BCUT2D eigenvalue weighted by Gasteiger charge is 2.15. The van der Waals surface area contributed by atoms with Gasteiger partial charge in [-0.15, -0.1) is 21.5 Å². The normalized spacial score (nSPS) is 11.0. The van der Waals surface area contributed by atoms with Crippen LogP contribution < -0.4 is 15.9 Å². The monoisotopic (exact) mass is 432 g/mol. The Hall–Kier alpha value is -2.63. The zero-order valence-corrected chi connectivity index (χ0v) is 17.2. The highest BCUT2D eigenvalue weighted by molar-refractivity contribution is 7.99. The SMILES string of the molecule is CCOc1ccc2nc(NC(=O)CSc3nnc(-c4cccs4)n3N)sc2c1. The molecule has 8 nitrogen and oxygen atoms in total. The molecule has 28 heavy (non-hydrogen) atoms. The molecule has 1 amide bonds. The standard InChI is InChI=1S/C17H16N6O2S3/c1-2-25-10-5-6-11-13(8-10)28-16(19-11)20-14(24)9-27-17-22-21-15(23(17)18)12-4-3-7-26-12/h3-8H,2,9,18H2,1H3,(H,19,20,24). The van der Waals surface area contributed by atoms with Crippen molar-refractivity contribution in [3.05, 3.63) is 35.7 Å². The van der Waals surface area contributed by atoms with Crippen molar-refractivity contribution in [1.82, 2.24) is 19.9 Å².